The first-order valence-corrected chi connectivity index (χ1v) is 9.29. The van der Waals surface area contributed by atoms with Crippen molar-refractivity contribution in [1.82, 2.24) is 15.6 Å². The zero-order valence-electron chi connectivity index (χ0n) is 14.2. The van der Waals surface area contributed by atoms with Crippen molar-refractivity contribution >= 4 is 23.1 Å². The van der Waals surface area contributed by atoms with E-state index in [9.17, 15) is 4.79 Å². The molecule has 0 aliphatic carbocycles. The quantitative estimate of drug-likeness (QED) is 0.893. The predicted molar refractivity (Wildman–Crippen MR) is 98.6 cm³/mol. The van der Waals surface area contributed by atoms with Crippen LogP contribution in [0, 0.1) is 6.92 Å². The van der Waals surface area contributed by atoms with Gasteiger partial charge in [-0.05, 0) is 38.8 Å². The summed E-state index contributed by atoms with van der Waals surface area (Å²) < 4.78 is 0. The van der Waals surface area contributed by atoms with Crippen LogP contribution in [0.5, 0.6) is 0 Å². The molecule has 6 heteroatoms. The number of carbonyl (C=O) groups excluding carboxylic acids is 1. The molecular weight excluding hydrogens is 320 g/mol. The lowest BCUT2D eigenvalue weighted by Crippen LogP contribution is -2.51. The van der Waals surface area contributed by atoms with Crippen LogP contribution in [-0.4, -0.2) is 30.1 Å². The molecule has 2 heterocycles. The average Bonchev–Trinajstić information content (AvgIpc) is 3.02. The summed E-state index contributed by atoms with van der Waals surface area (Å²) in [4.78, 5) is 19.0. The zero-order chi connectivity index (χ0) is 16.9. The molecule has 3 rings (SSSR count). The molecule has 2 aromatic rings. The van der Waals surface area contributed by atoms with E-state index in [0.717, 1.165) is 36.6 Å². The van der Waals surface area contributed by atoms with Crippen molar-refractivity contribution in [3.8, 4) is 0 Å². The number of rotatable bonds is 4. The molecular formula is C18H24N4OS. The number of benzene rings is 1. The van der Waals surface area contributed by atoms with E-state index in [1.54, 1.807) is 11.3 Å². The number of urea groups is 1. The zero-order valence-corrected chi connectivity index (χ0v) is 15.0. The number of nitrogens with zero attached hydrogens (tertiary/aromatic N) is 2. The molecule has 0 spiro atoms. The highest BCUT2D eigenvalue weighted by Gasteiger charge is 2.22. The second-order valence-electron chi connectivity index (χ2n) is 6.25. The van der Waals surface area contributed by atoms with Gasteiger partial charge in [-0.2, -0.15) is 0 Å². The van der Waals surface area contributed by atoms with Gasteiger partial charge in [-0.3, -0.25) is 0 Å². The highest BCUT2D eigenvalue weighted by molar-refractivity contribution is 7.09. The van der Waals surface area contributed by atoms with Gasteiger partial charge in [0.1, 0.15) is 0 Å². The normalized spacial score (nSPS) is 18.9. The third-order valence-corrected chi connectivity index (χ3v) is 5.10. The molecule has 2 N–H and O–H groups in total. The van der Waals surface area contributed by atoms with Gasteiger partial charge in [0.05, 0.1) is 16.7 Å². The lowest BCUT2D eigenvalue weighted by molar-refractivity contribution is 0.232. The van der Waals surface area contributed by atoms with Crippen LogP contribution >= 0.6 is 11.3 Å². The molecule has 1 aliphatic heterocycles. The topological polar surface area (TPSA) is 57.3 Å². The van der Waals surface area contributed by atoms with Crippen molar-refractivity contribution < 1.29 is 4.79 Å². The van der Waals surface area contributed by atoms with E-state index >= 15 is 0 Å². The summed E-state index contributed by atoms with van der Waals surface area (Å²) in [5.74, 6) is 0. The van der Waals surface area contributed by atoms with Crippen LogP contribution in [0.15, 0.2) is 35.7 Å². The largest absolute Gasteiger partial charge is 0.369 e. The molecule has 1 fully saturated rings. The Labute approximate surface area is 147 Å². The van der Waals surface area contributed by atoms with Crippen LogP contribution in [0.3, 0.4) is 0 Å². The minimum Gasteiger partial charge on any atom is -0.369 e. The number of aryl methyl sites for hydroxylation is 1. The molecule has 0 radical (unpaired) electrons. The van der Waals surface area contributed by atoms with Crippen molar-refractivity contribution in [1.29, 1.82) is 0 Å². The molecule has 0 bridgehead atoms. The number of hydrogen-bond acceptors (Lipinski definition) is 4. The third-order valence-electron chi connectivity index (χ3n) is 4.31. The highest BCUT2D eigenvalue weighted by Crippen LogP contribution is 2.20. The van der Waals surface area contributed by atoms with E-state index in [0.29, 0.717) is 0 Å². The van der Waals surface area contributed by atoms with Crippen molar-refractivity contribution in [2.24, 2.45) is 0 Å². The molecule has 24 heavy (non-hydrogen) atoms. The van der Waals surface area contributed by atoms with E-state index in [1.807, 2.05) is 25.3 Å². The number of piperidine rings is 1. The van der Waals surface area contributed by atoms with Crippen molar-refractivity contribution in [3.05, 3.63) is 46.4 Å². The van der Waals surface area contributed by atoms with E-state index in [1.165, 1.54) is 5.69 Å². The number of amides is 2. The molecule has 1 aromatic carbocycles. The van der Waals surface area contributed by atoms with E-state index < -0.39 is 0 Å². The average molecular weight is 344 g/mol. The first-order valence-electron chi connectivity index (χ1n) is 8.41. The minimum atomic E-state index is -0.118. The summed E-state index contributed by atoms with van der Waals surface area (Å²) >= 11 is 1.60. The Kier molecular flexibility index (Phi) is 5.35. The van der Waals surface area contributed by atoms with E-state index in [2.05, 4.69) is 44.8 Å². The monoisotopic (exact) mass is 344 g/mol. The summed E-state index contributed by atoms with van der Waals surface area (Å²) in [5.41, 5.74) is 2.14. The Bertz CT molecular complexity index is 673. The molecule has 0 saturated carbocycles. The fraction of sp³-hybridized carbons (Fsp3) is 0.444. The number of hydrogen-bond donors (Lipinski definition) is 2. The van der Waals surface area contributed by atoms with Gasteiger partial charge < -0.3 is 15.5 Å². The van der Waals surface area contributed by atoms with Gasteiger partial charge in [-0.15, -0.1) is 11.3 Å². The molecule has 1 aliphatic rings. The maximum atomic E-state index is 12.3. The Hall–Kier alpha value is -2.08. The lowest BCUT2D eigenvalue weighted by Gasteiger charge is -2.35. The number of thiazole rings is 1. The van der Waals surface area contributed by atoms with Crippen LogP contribution < -0.4 is 15.5 Å². The summed E-state index contributed by atoms with van der Waals surface area (Å²) in [6.07, 6.45) is 2.10. The fourth-order valence-electron chi connectivity index (χ4n) is 3.04. The summed E-state index contributed by atoms with van der Waals surface area (Å²) in [5, 5.41) is 9.11. The van der Waals surface area contributed by atoms with E-state index in [-0.39, 0.29) is 18.1 Å². The SMILES string of the molecule is Cc1nc([C@H](C)NC(=O)N[C@H]2CCCN(c3ccccc3)C2)cs1. The van der Waals surface area contributed by atoms with Gasteiger partial charge in [-0.1, -0.05) is 18.2 Å². The maximum absolute atomic E-state index is 12.3. The predicted octanol–water partition coefficient (Wildman–Crippen LogP) is 3.48. The lowest BCUT2D eigenvalue weighted by atomic mass is 10.1. The maximum Gasteiger partial charge on any atom is 0.315 e. The van der Waals surface area contributed by atoms with Gasteiger partial charge in [0.2, 0.25) is 0 Å². The Morgan fingerprint density at radius 1 is 1.38 bits per heavy atom. The molecule has 1 aromatic heterocycles. The molecule has 1 saturated heterocycles. The van der Waals surface area contributed by atoms with Gasteiger partial charge in [0.25, 0.3) is 0 Å². The summed E-state index contributed by atoms with van der Waals surface area (Å²) in [6, 6.07) is 10.3. The molecule has 2 amide bonds. The van der Waals surface area contributed by atoms with E-state index in [4.69, 9.17) is 0 Å². The van der Waals surface area contributed by atoms with Gasteiger partial charge >= 0.3 is 6.03 Å². The fourth-order valence-corrected chi connectivity index (χ4v) is 3.75. The second-order valence-corrected chi connectivity index (χ2v) is 7.31. The number of nitrogens with one attached hydrogen (secondary N) is 2. The van der Waals surface area contributed by atoms with Gasteiger partial charge in [0, 0.05) is 30.2 Å². The van der Waals surface area contributed by atoms with Crippen molar-refractivity contribution in [3.63, 3.8) is 0 Å². The van der Waals surface area contributed by atoms with Crippen LogP contribution in [0.1, 0.15) is 36.5 Å². The Morgan fingerprint density at radius 2 is 2.17 bits per heavy atom. The van der Waals surface area contributed by atoms with Crippen LogP contribution in [0.25, 0.3) is 0 Å². The molecule has 5 nitrogen and oxygen atoms in total. The van der Waals surface area contributed by atoms with Gasteiger partial charge in [-0.25, -0.2) is 9.78 Å². The van der Waals surface area contributed by atoms with Crippen LogP contribution in [0.2, 0.25) is 0 Å². The minimum absolute atomic E-state index is 0.0798. The van der Waals surface area contributed by atoms with Crippen molar-refractivity contribution in [2.75, 3.05) is 18.0 Å². The van der Waals surface area contributed by atoms with Gasteiger partial charge in [0.15, 0.2) is 0 Å². The summed E-state index contributed by atoms with van der Waals surface area (Å²) in [6.45, 7) is 5.83. The van der Waals surface area contributed by atoms with Crippen LogP contribution in [-0.2, 0) is 0 Å². The first kappa shape index (κ1) is 16.8. The highest BCUT2D eigenvalue weighted by atomic mass is 32.1. The Morgan fingerprint density at radius 3 is 2.88 bits per heavy atom. The summed E-state index contributed by atoms with van der Waals surface area (Å²) in [7, 11) is 0. The standard InChI is InChI=1S/C18H24N4OS/c1-13(17-12-24-14(2)20-17)19-18(23)21-15-7-6-10-22(11-15)16-8-4-3-5-9-16/h3-5,8-9,12-13,15H,6-7,10-11H2,1-2H3,(H2,19,21,23)/t13-,15-/m0/s1. The number of aromatic nitrogens is 1. The van der Waals surface area contributed by atoms with Crippen LogP contribution in [0.4, 0.5) is 10.5 Å². The Balaban J connectivity index is 1.52. The molecule has 2 atom stereocenters. The second kappa shape index (κ2) is 7.66. The first-order chi connectivity index (χ1) is 11.6. The number of anilines is 1. The smallest absolute Gasteiger partial charge is 0.315 e. The third kappa shape index (κ3) is 4.26. The number of carbonyl (C=O) groups is 1. The van der Waals surface area contributed by atoms with Crippen molar-refractivity contribution in [2.45, 2.75) is 38.8 Å². The molecule has 128 valence electrons. The molecule has 0 unspecified atom stereocenters. The number of para-hydroxylation sites is 1.